The minimum atomic E-state index is -0.369. The molecule has 0 saturated carbocycles. The maximum atomic E-state index is 9.97. The van der Waals surface area contributed by atoms with E-state index < -0.39 is 0 Å². The van der Waals surface area contributed by atoms with Crippen LogP contribution in [0.15, 0.2) is 35.8 Å². The first-order valence-corrected chi connectivity index (χ1v) is 6.26. The van der Waals surface area contributed by atoms with Crippen LogP contribution in [0.3, 0.4) is 0 Å². The topological polar surface area (TPSA) is 33.1 Å². The molecule has 84 valence electrons. The predicted octanol–water partition coefficient (Wildman–Crippen LogP) is 3.12. The van der Waals surface area contributed by atoms with E-state index in [4.69, 9.17) is 0 Å². The molecule has 0 bridgehead atoms. The number of hydrogen-bond acceptors (Lipinski definition) is 3. The molecule has 3 heteroatoms. The minimum Gasteiger partial charge on any atom is -0.388 e. The highest BCUT2D eigenvalue weighted by Gasteiger charge is 2.09. The summed E-state index contributed by atoms with van der Waals surface area (Å²) >= 11 is 1.68. The van der Waals surface area contributed by atoms with Crippen molar-refractivity contribution >= 4 is 11.3 Å². The summed E-state index contributed by atoms with van der Waals surface area (Å²) in [4.78, 5) is 5.48. The molecule has 0 spiro atoms. The first kappa shape index (κ1) is 11.3. The van der Waals surface area contributed by atoms with Gasteiger partial charge in [-0.15, -0.1) is 11.3 Å². The molecule has 0 saturated heterocycles. The van der Waals surface area contributed by atoms with Crippen LogP contribution in [0.5, 0.6) is 0 Å². The Balaban J connectivity index is 1.91. The maximum Gasteiger partial charge on any atom is 0.0801 e. The Kier molecular flexibility index (Phi) is 3.70. The van der Waals surface area contributed by atoms with Gasteiger partial charge in [0.1, 0.15) is 0 Å². The second-order valence-corrected chi connectivity index (χ2v) is 4.98. The zero-order valence-corrected chi connectivity index (χ0v) is 10.1. The Hall–Kier alpha value is -1.19. The van der Waals surface area contributed by atoms with Crippen molar-refractivity contribution in [1.82, 2.24) is 4.98 Å². The fourth-order valence-electron chi connectivity index (χ4n) is 1.64. The Morgan fingerprint density at radius 3 is 2.94 bits per heavy atom. The molecular weight excluding hydrogens is 218 g/mol. The highest BCUT2D eigenvalue weighted by molar-refractivity contribution is 7.10. The van der Waals surface area contributed by atoms with Gasteiger partial charge in [-0.3, -0.25) is 4.98 Å². The molecule has 1 N–H and O–H groups in total. The number of pyridine rings is 1. The average molecular weight is 233 g/mol. The van der Waals surface area contributed by atoms with Crippen molar-refractivity contribution in [2.45, 2.75) is 25.9 Å². The van der Waals surface area contributed by atoms with Gasteiger partial charge in [0.05, 0.1) is 6.10 Å². The van der Waals surface area contributed by atoms with Gasteiger partial charge < -0.3 is 5.11 Å². The van der Waals surface area contributed by atoms with Crippen LogP contribution in [0.4, 0.5) is 0 Å². The Bertz CT molecular complexity index is 438. The molecule has 0 fully saturated rings. The SMILES string of the molecule is Cc1cc(C(O)CCc2ccccn2)cs1. The first-order chi connectivity index (χ1) is 7.75. The van der Waals surface area contributed by atoms with E-state index in [2.05, 4.69) is 11.9 Å². The number of aryl methyl sites for hydroxylation is 2. The molecule has 0 aromatic carbocycles. The lowest BCUT2D eigenvalue weighted by Crippen LogP contribution is -1.99. The second kappa shape index (κ2) is 5.23. The summed E-state index contributed by atoms with van der Waals surface area (Å²) in [7, 11) is 0. The molecule has 2 rings (SSSR count). The lowest BCUT2D eigenvalue weighted by molar-refractivity contribution is 0.168. The lowest BCUT2D eigenvalue weighted by Gasteiger charge is -2.07. The van der Waals surface area contributed by atoms with Gasteiger partial charge in [-0.25, -0.2) is 0 Å². The van der Waals surface area contributed by atoms with E-state index in [9.17, 15) is 5.11 Å². The smallest absolute Gasteiger partial charge is 0.0801 e. The third-order valence-corrected chi connectivity index (χ3v) is 3.42. The van der Waals surface area contributed by atoms with E-state index in [-0.39, 0.29) is 6.10 Å². The quantitative estimate of drug-likeness (QED) is 0.880. The van der Waals surface area contributed by atoms with E-state index >= 15 is 0 Å². The van der Waals surface area contributed by atoms with Crippen molar-refractivity contribution in [3.8, 4) is 0 Å². The van der Waals surface area contributed by atoms with Gasteiger partial charge in [0, 0.05) is 16.8 Å². The normalized spacial score (nSPS) is 12.6. The molecule has 0 aliphatic carbocycles. The van der Waals surface area contributed by atoms with Crippen LogP contribution in [0.25, 0.3) is 0 Å². The zero-order chi connectivity index (χ0) is 11.4. The summed E-state index contributed by atoms with van der Waals surface area (Å²) in [5.74, 6) is 0. The molecule has 0 aliphatic rings. The number of thiophene rings is 1. The number of aliphatic hydroxyl groups is 1. The van der Waals surface area contributed by atoms with Crippen molar-refractivity contribution < 1.29 is 5.11 Å². The molecule has 2 nitrogen and oxygen atoms in total. The van der Waals surface area contributed by atoms with E-state index in [0.717, 1.165) is 24.1 Å². The van der Waals surface area contributed by atoms with Gasteiger partial charge in [0.15, 0.2) is 0 Å². The minimum absolute atomic E-state index is 0.369. The van der Waals surface area contributed by atoms with Crippen molar-refractivity contribution in [2.75, 3.05) is 0 Å². The number of hydrogen-bond donors (Lipinski definition) is 1. The summed E-state index contributed by atoms with van der Waals surface area (Å²) in [5.41, 5.74) is 2.06. The number of aliphatic hydroxyl groups excluding tert-OH is 1. The van der Waals surface area contributed by atoms with Crippen molar-refractivity contribution in [3.63, 3.8) is 0 Å². The van der Waals surface area contributed by atoms with Crippen LogP contribution >= 0.6 is 11.3 Å². The van der Waals surface area contributed by atoms with Gasteiger partial charge in [-0.2, -0.15) is 0 Å². The maximum absolute atomic E-state index is 9.97. The Labute approximate surface area is 99.6 Å². The number of aromatic nitrogens is 1. The van der Waals surface area contributed by atoms with Crippen LogP contribution in [-0.4, -0.2) is 10.1 Å². The van der Waals surface area contributed by atoms with E-state index in [1.165, 1.54) is 4.88 Å². The Morgan fingerprint density at radius 1 is 1.44 bits per heavy atom. The molecule has 2 aromatic rings. The van der Waals surface area contributed by atoms with E-state index in [1.807, 2.05) is 29.6 Å². The van der Waals surface area contributed by atoms with Crippen LogP contribution in [-0.2, 0) is 6.42 Å². The summed E-state index contributed by atoms with van der Waals surface area (Å²) in [6.45, 7) is 2.06. The average Bonchev–Trinajstić information content (AvgIpc) is 2.74. The van der Waals surface area contributed by atoms with Crippen LogP contribution in [0.2, 0.25) is 0 Å². The Morgan fingerprint density at radius 2 is 2.31 bits per heavy atom. The molecule has 2 heterocycles. The molecule has 0 amide bonds. The van der Waals surface area contributed by atoms with Crippen molar-refractivity contribution in [3.05, 3.63) is 52.0 Å². The highest BCUT2D eigenvalue weighted by Crippen LogP contribution is 2.23. The lowest BCUT2D eigenvalue weighted by atomic mass is 10.1. The molecule has 1 unspecified atom stereocenters. The number of rotatable bonds is 4. The van der Waals surface area contributed by atoms with Gasteiger partial charge in [-0.1, -0.05) is 6.07 Å². The fourth-order valence-corrected chi connectivity index (χ4v) is 2.39. The second-order valence-electron chi connectivity index (χ2n) is 3.87. The third kappa shape index (κ3) is 2.90. The van der Waals surface area contributed by atoms with E-state index in [1.54, 1.807) is 17.5 Å². The number of nitrogens with zero attached hydrogens (tertiary/aromatic N) is 1. The summed E-state index contributed by atoms with van der Waals surface area (Å²) in [5, 5.41) is 12.0. The summed E-state index contributed by atoms with van der Waals surface area (Å²) in [6, 6.07) is 7.92. The van der Waals surface area contributed by atoms with Crippen LogP contribution in [0, 0.1) is 6.92 Å². The van der Waals surface area contributed by atoms with Gasteiger partial charge in [-0.05, 0) is 48.9 Å². The highest BCUT2D eigenvalue weighted by atomic mass is 32.1. The van der Waals surface area contributed by atoms with Gasteiger partial charge >= 0.3 is 0 Å². The molecular formula is C13H15NOS. The standard InChI is InChI=1S/C13H15NOS/c1-10-8-11(9-16-10)13(15)6-5-12-4-2-3-7-14-12/h2-4,7-9,13,15H,5-6H2,1H3. The first-order valence-electron chi connectivity index (χ1n) is 5.39. The zero-order valence-electron chi connectivity index (χ0n) is 9.26. The van der Waals surface area contributed by atoms with Crippen LogP contribution < -0.4 is 0 Å². The third-order valence-electron chi connectivity index (χ3n) is 2.54. The van der Waals surface area contributed by atoms with Crippen molar-refractivity contribution in [1.29, 1.82) is 0 Å². The van der Waals surface area contributed by atoms with Gasteiger partial charge in [0.25, 0.3) is 0 Å². The van der Waals surface area contributed by atoms with E-state index in [0.29, 0.717) is 0 Å². The predicted molar refractivity (Wildman–Crippen MR) is 66.6 cm³/mol. The van der Waals surface area contributed by atoms with Crippen molar-refractivity contribution in [2.24, 2.45) is 0 Å². The monoisotopic (exact) mass is 233 g/mol. The molecule has 0 radical (unpaired) electrons. The fraction of sp³-hybridized carbons (Fsp3) is 0.308. The largest absolute Gasteiger partial charge is 0.388 e. The molecule has 0 aliphatic heterocycles. The summed E-state index contributed by atoms with van der Waals surface area (Å²) < 4.78 is 0. The van der Waals surface area contributed by atoms with Gasteiger partial charge in [0.2, 0.25) is 0 Å². The molecule has 2 aromatic heterocycles. The molecule has 1 atom stereocenters. The van der Waals surface area contributed by atoms with Crippen LogP contribution in [0.1, 0.15) is 28.7 Å². The molecule has 16 heavy (non-hydrogen) atoms. The summed E-state index contributed by atoms with van der Waals surface area (Å²) in [6.07, 6.45) is 2.97.